The monoisotopic (exact) mass is 390 g/mol. The maximum absolute atomic E-state index is 12.1. The lowest BCUT2D eigenvalue weighted by atomic mass is 10.1. The Morgan fingerprint density at radius 1 is 0.964 bits per heavy atom. The molecule has 1 atom stereocenters. The summed E-state index contributed by atoms with van der Waals surface area (Å²) in [5.74, 6) is 6.59. The summed E-state index contributed by atoms with van der Waals surface area (Å²) in [7, 11) is 1.89. The van der Waals surface area contributed by atoms with Gasteiger partial charge in [0.1, 0.15) is 0 Å². The summed E-state index contributed by atoms with van der Waals surface area (Å²) < 4.78 is 16.2. The fraction of sp³-hybridized carbons (Fsp3) is 0.591. The highest BCUT2D eigenvalue weighted by atomic mass is 16.5. The van der Waals surface area contributed by atoms with Gasteiger partial charge in [-0.3, -0.25) is 4.79 Å². The van der Waals surface area contributed by atoms with E-state index in [-0.39, 0.29) is 5.91 Å². The molecule has 6 heteroatoms. The van der Waals surface area contributed by atoms with Crippen molar-refractivity contribution in [1.82, 2.24) is 10.6 Å². The molecule has 0 radical (unpaired) electrons. The second kappa shape index (κ2) is 16.1. The second-order valence-electron chi connectivity index (χ2n) is 6.35. The SMILES string of the molecule is CCC(C)C#Cc1ccc(C(=O)NCCOCCOCCOCCNC)cc1. The van der Waals surface area contributed by atoms with E-state index in [1.165, 1.54) is 0 Å². The van der Waals surface area contributed by atoms with Crippen molar-refractivity contribution >= 4 is 5.91 Å². The molecule has 0 fully saturated rings. The van der Waals surface area contributed by atoms with E-state index in [0.717, 1.165) is 18.5 Å². The van der Waals surface area contributed by atoms with Gasteiger partial charge in [-0.05, 0) is 37.7 Å². The van der Waals surface area contributed by atoms with Crippen LogP contribution < -0.4 is 10.6 Å². The van der Waals surface area contributed by atoms with E-state index in [4.69, 9.17) is 14.2 Å². The Kier molecular flexibility index (Phi) is 13.9. The second-order valence-corrected chi connectivity index (χ2v) is 6.35. The van der Waals surface area contributed by atoms with Gasteiger partial charge in [-0.2, -0.15) is 0 Å². The zero-order chi connectivity index (χ0) is 20.5. The summed E-state index contributed by atoms with van der Waals surface area (Å²) in [4.78, 5) is 12.1. The Balaban J connectivity index is 2.08. The summed E-state index contributed by atoms with van der Waals surface area (Å²) in [6, 6.07) is 7.34. The zero-order valence-electron chi connectivity index (χ0n) is 17.4. The number of nitrogens with one attached hydrogen (secondary N) is 2. The maximum Gasteiger partial charge on any atom is 0.251 e. The molecule has 0 aliphatic carbocycles. The summed E-state index contributed by atoms with van der Waals surface area (Å²) in [6.45, 7) is 8.80. The number of hydrogen-bond acceptors (Lipinski definition) is 5. The van der Waals surface area contributed by atoms with E-state index in [1.54, 1.807) is 12.1 Å². The molecular weight excluding hydrogens is 356 g/mol. The molecular formula is C22H34N2O4. The van der Waals surface area contributed by atoms with Crippen LogP contribution in [0.15, 0.2) is 24.3 Å². The maximum atomic E-state index is 12.1. The van der Waals surface area contributed by atoms with Crippen LogP contribution >= 0.6 is 0 Å². The van der Waals surface area contributed by atoms with E-state index in [1.807, 2.05) is 19.2 Å². The Morgan fingerprint density at radius 3 is 2.11 bits per heavy atom. The van der Waals surface area contributed by atoms with Crippen LogP contribution in [-0.4, -0.2) is 65.7 Å². The van der Waals surface area contributed by atoms with Crippen molar-refractivity contribution in [2.45, 2.75) is 20.3 Å². The highest BCUT2D eigenvalue weighted by Crippen LogP contribution is 2.04. The summed E-state index contributed by atoms with van der Waals surface area (Å²) in [5.41, 5.74) is 1.54. The van der Waals surface area contributed by atoms with E-state index < -0.39 is 0 Å². The summed E-state index contributed by atoms with van der Waals surface area (Å²) in [5, 5.41) is 5.85. The van der Waals surface area contributed by atoms with Gasteiger partial charge in [0.25, 0.3) is 5.91 Å². The van der Waals surface area contributed by atoms with Gasteiger partial charge in [-0.25, -0.2) is 0 Å². The van der Waals surface area contributed by atoms with Crippen LogP contribution in [0.3, 0.4) is 0 Å². The molecule has 1 unspecified atom stereocenters. The van der Waals surface area contributed by atoms with Crippen molar-refractivity contribution in [3.63, 3.8) is 0 Å². The molecule has 2 N–H and O–H groups in total. The Morgan fingerprint density at radius 2 is 1.54 bits per heavy atom. The van der Waals surface area contributed by atoms with Gasteiger partial charge in [0.05, 0.1) is 39.6 Å². The van der Waals surface area contributed by atoms with Crippen LogP contribution in [0.5, 0.6) is 0 Å². The third-order valence-corrected chi connectivity index (χ3v) is 3.99. The first-order chi connectivity index (χ1) is 13.7. The molecule has 0 spiro atoms. The Hall–Kier alpha value is -1.91. The van der Waals surface area contributed by atoms with E-state index in [9.17, 15) is 4.79 Å². The van der Waals surface area contributed by atoms with E-state index >= 15 is 0 Å². The molecule has 0 heterocycles. The number of carbonyl (C=O) groups excluding carboxylic acids is 1. The van der Waals surface area contributed by atoms with Gasteiger partial charge >= 0.3 is 0 Å². The molecule has 156 valence electrons. The average molecular weight is 391 g/mol. The van der Waals surface area contributed by atoms with Gasteiger partial charge in [-0.15, -0.1) is 0 Å². The fourth-order valence-corrected chi connectivity index (χ4v) is 2.07. The van der Waals surface area contributed by atoms with Crippen molar-refractivity contribution < 1.29 is 19.0 Å². The number of likely N-dealkylation sites (N-methyl/N-ethyl adjacent to an activating group) is 1. The minimum Gasteiger partial charge on any atom is -0.378 e. The highest BCUT2D eigenvalue weighted by molar-refractivity contribution is 5.94. The molecule has 1 amide bonds. The molecule has 0 saturated carbocycles. The Bertz CT molecular complexity index is 593. The van der Waals surface area contributed by atoms with Crippen LogP contribution in [0.1, 0.15) is 36.2 Å². The third-order valence-electron chi connectivity index (χ3n) is 3.99. The van der Waals surface area contributed by atoms with Gasteiger partial charge in [-0.1, -0.05) is 25.7 Å². The molecule has 0 aliphatic heterocycles. The molecule has 0 saturated heterocycles. The molecule has 28 heavy (non-hydrogen) atoms. The van der Waals surface area contributed by atoms with Crippen LogP contribution in [0.25, 0.3) is 0 Å². The summed E-state index contributed by atoms with van der Waals surface area (Å²) in [6.07, 6.45) is 1.03. The lowest BCUT2D eigenvalue weighted by Crippen LogP contribution is -2.27. The third kappa shape index (κ3) is 11.7. The molecule has 1 rings (SSSR count). The number of carbonyl (C=O) groups is 1. The first-order valence-corrected chi connectivity index (χ1v) is 9.95. The molecule has 0 aromatic heterocycles. The standard InChI is InChI=1S/C22H34N2O4/c1-4-19(2)5-6-20-7-9-21(10-8-20)22(25)24-12-14-27-16-18-28-17-15-26-13-11-23-3/h7-10,19,23H,4,11-18H2,1-3H3,(H,24,25). The van der Waals surface area contributed by atoms with Crippen LogP contribution in [0.2, 0.25) is 0 Å². The van der Waals surface area contributed by atoms with Gasteiger partial charge < -0.3 is 24.8 Å². The van der Waals surface area contributed by atoms with Crippen LogP contribution in [0, 0.1) is 17.8 Å². The largest absolute Gasteiger partial charge is 0.378 e. The predicted octanol–water partition coefficient (Wildman–Crippen LogP) is 2.08. The van der Waals surface area contributed by atoms with Crippen molar-refractivity contribution in [3.05, 3.63) is 35.4 Å². The first kappa shape index (κ1) is 24.1. The highest BCUT2D eigenvalue weighted by Gasteiger charge is 2.04. The van der Waals surface area contributed by atoms with Gasteiger partial charge in [0, 0.05) is 30.1 Å². The van der Waals surface area contributed by atoms with E-state index in [2.05, 4.69) is 36.3 Å². The smallest absolute Gasteiger partial charge is 0.251 e. The molecule has 6 nitrogen and oxygen atoms in total. The molecule has 0 aliphatic rings. The normalized spacial score (nSPS) is 11.5. The molecule has 0 bridgehead atoms. The van der Waals surface area contributed by atoms with Gasteiger partial charge in [0.15, 0.2) is 0 Å². The predicted molar refractivity (Wildman–Crippen MR) is 111 cm³/mol. The summed E-state index contributed by atoms with van der Waals surface area (Å²) >= 11 is 0. The fourth-order valence-electron chi connectivity index (χ4n) is 2.07. The topological polar surface area (TPSA) is 68.8 Å². The average Bonchev–Trinajstić information content (AvgIpc) is 2.73. The molecule has 1 aromatic rings. The lowest BCUT2D eigenvalue weighted by Gasteiger charge is -2.08. The minimum absolute atomic E-state index is 0.111. The zero-order valence-corrected chi connectivity index (χ0v) is 17.4. The number of hydrogen-bond donors (Lipinski definition) is 2. The number of amides is 1. The van der Waals surface area contributed by atoms with E-state index in [0.29, 0.717) is 57.7 Å². The first-order valence-electron chi connectivity index (χ1n) is 9.95. The molecule has 1 aromatic carbocycles. The number of benzene rings is 1. The van der Waals surface area contributed by atoms with Crippen molar-refractivity contribution in [2.24, 2.45) is 5.92 Å². The lowest BCUT2D eigenvalue weighted by molar-refractivity contribution is 0.0159. The Labute approximate surface area is 169 Å². The quantitative estimate of drug-likeness (QED) is 0.376. The van der Waals surface area contributed by atoms with Gasteiger partial charge in [0.2, 0.25) is 0 Å². The number of ether oxygens (including phenoxy) is 3. The van der Waals surface area contributed by atoms with Crippen molar-refractivity contribution in [3.8, 4) is 11.8 Å². The van der Waals surface area contributed by atoms with Crippen molar-refractivity contribution in [2.75, 3.05) is 59.8 Å². The minimum atomic E-state index is -0.111. The van der Waals surface area contributed by atoms with Crippen LogP contribution in [0.4, 0.5) is 0 Å². The van der Waals surface area contributed by atoms with Crippen molar-refractivity contribution in [1.29, 1.82) is 0 Å². The number of rotatable bonds is 14. The van der Waals surface area contributed by atoms with Crippen LogP contribution in [-0.2, 0) is 14.2 Å².